The SMILES string of the molecule is N#Cc1ccc(N(c2ccccc2)c2cccc(-n3c4ccccc4c4cnccc43)c2)cc1. The standard InChI is InChI=1S/C30H20N4/c31-20-22-13-15-24(16-14-22)33(23-7-2-1-3-8-23)25-9-6-10-26(19-25)34-29-12-5-4-11-27(29)28-21-32-18-17-30(28)34/h1-19,21H. The largest absolute Gasteiger partial charge is 0.310 e. The minimum absolute atomic E-state index is 0.643. The molecule has 0 unspecified atom stereocenters. The predicted octanol–water partition coefficient (Wildman–Crippen LogP) is 7.52. The highest BCUT2D eigenvalue weighted by molar-refractivity contribution is 6.08. The predicted molar refractivity (Wildman–Crippen MR) is 138 cm³/mol. The summed E-state index contributed by atoms with van der Waals surface area (Å²) in [6.07, 6.45) is 3.78. The monoisotopic (exact) mass is 436 g/mol. The number of hydrogen-bond donors (Lipinski definition) is 0. The number of nitrogens with zero attached hydrogens (tertiary/aromatic N) is 4. The Hall–Kier alpha value is -4.88. The number of nitriles is 1. The van der Waals surface area contributed by atoms with Crippen LogP contribution >= 0.6 is 0 Å². The lowest BCUT2D eigenvalue weighted by atomic mass is 10.1. The van der Waals surface area contributed by atoms with E-state index in [0.29, 0.717) is 5.56 Å². The highest BCUT2D eigenvalue weighted by atomic mass is 15.1. The molecule has 0 spiro atoms. The smallest absolute Gasteiger partial charge is 0.0991 e. The Labute approximate surface area is 197 Å². The molecular weight excluding hydrogens is 416 g/mol. The van der Waals surface area contributed by atoms with Gasteiger partial charge in [-0.05, 0) is 66.7 Å². The van der Waals surface area contributed by atoms with Crippen molar-refractivity contribution in [2.45, 2.75) is 0 Å². The molecule has 0 aliphatic heterocycles. The fourth-order valence-electron chi connectivity index (χ4n) is 4.57. The van der Waals surface area contributed by atoms with Gasteiger partial charge in [-0.1, -0.05) is 42.5 Å². The average molecular weight is 437 g/mol. The van der Waals surface area contributed by atoms with Crippen LogP contribution in [0.3, 0.4) is 0 Å². The van der Waals surface area contributed by atoms with Crippen molar-refractivity contribution in [3.8, 4) is 11.8 Å². The number of anilines is 3. The van der Waals surface area contributed by atoms with Crippen LogP contribution < -0.4 is 4.90 Å². The summed E-state index contributed by atoms with van der Waals surface area (Å²) in [5.74, 6) is 0. The number of hydrogen-bond acceptors (Lipinski definition) is 3. The fraction of sp³-hybridized carbons (Fsp3) is 0. The molecule has 4 heteroatoms. The highest BCUT2D eigenvalue weighted by Crippen LogP contribution is 2.37. The first-order valence-corrected chi connectivity index (χ1v) is 11.1. The van der Waals surface area contributed by atoms with Gasteiger partial charge in [0, 0.05) is 45.9 Å². The van der Waals surface area contributed by atoms with Crippen molar-refractivity contribution in [3.63, 3.8) is 0 Å². The van der Waals surface area contributed by atoms with Gasteiger partial charge in [0.2, 0.25) is 0 Å². The van der Waals surface area contributed by atoms with Crippen molar-refractivity contribution in [2.75, 3.05) is 4.90 Å². The maximum Gasteiger partial charge on any atom is 0.0991 e. The van der Waals surface area contributed by atoms with E-state index >= 15 is 0 Å². The number of aromatic nitrogens is 2. The lowest BCUT2D eigenvalue weighted by molar-refractivity contribution is 1.16. The fourth-order valence-corrected chi connectivity index (χ4v) is 4.57. The Morgan fingerprint density at radius 3 is 2.18 bits per heavy atom. The van der Waals surface area contributed by atoms with E-state index in [-0.39, 0.29) is 0 Å². The van der Waals surface area contributed by atoms with Crippen LogP contribution in [-0.2, 0) is 0 Å². The summed E-state index contributed by atoms with van der Waals surface area (Å²) < 4.78 is 2.29. The zero-order valence-corrected chi connectivity index (χ0v) is 18.3. The van der Waals surface area contributed by atoms with Crippen LogP contribution in [0.15, 0.2) is 122 Å². The Bertz CT molecular complexity index is 1610. The van der Waals surface area contributed by atoms with Crippen molar-refractivity contribution >= 4 is 38.9 Å². The summed E-state index contributed by atoms with van der Waals surface area (Å²) in [5.41, 5.74) is 7.07. The maximum absolute atomic E-state index is 9.25. The topological polar surface area (TPSA) is 44.9 Å². The number of rotatable bonds is 4. The zero-order chi connectivity index (χ0) is 22.9. The molecule has 4 nitrogen and oxygen atoms in total. The van der Waals surface area contributed by atoms with Crippen LogP contribution in [-0.4, -0.2) is 9.55 Å². The minimum Gasteiger partial charge on any atom is -0.310 e. The molecule has 0 fully saturated rings. The molecule has 6 aromatic rings. The normalized spacial score (nSPS) is 10.9. The van der Waals surface area contributed by atoms with Gasteiger partial charge in [-0.3, -0.25) is 4.98 Å². The van der Waals surface area contributed by atoms with E-state index in [9.17, 15) is 5.26 Å². The molecule has 0 amide bonds. The van der Waals surface area contributed by atoms with Gasteiger partial charge in [0.25, 0.3) is 0 Å². The first-order chi connectivity index (χ1) is 16.8. The second-order valence-corrected chi connectivity index (χ2v) is 8.09. The van der Waals surface area contributed by atoms with E-state index in [4.69, 9.17) is 0 Å². The second-order valence-electron chi connectivity index (χ2n) is 8.09. The second kappa shape index (κ2) is 8.23. The van der Waals surface area contributed by atoms with E-state index in [1.807, 2.05) is 54.9 Å². The average Bonchev–Trinajstić information content (AvgIpc) is 3.25. The maximum atomic E-state index is 9.25. The number of fused-ring (bicyclic) bond motifs is 3. The molecule has 0 saturated heterocycles. The van der Waals surface area contributed by atoms with Gasteiger partial charge >= 0.3 is 0 Å². The zero-order valence-electron chi connectivity index (χ0n) is 18.3. The van der Waals surface area contributed by atoms with E-state index in [1.54, 1.807) is 0 Å². The molecule has 0 bridgehead atoms. The lowest BCUT2D eigenvalue weighted by Crippen LogP contribution is -2.10. The Balaban J connectivity index is 1.57. The van der Waals surface area contributed by atoms with Gasteiger partial charge in [-0.2, -0.15) is 5.26 Å². The van der Waals surface area contributed by atoms with Gasteiger partial charge in [0.1, 0.15) is 0 Å². The first kappa shape index (κ1) is 19.8. The van der Waals surface area contributed by atoms with Crippen LogP contribution in [0.5, 0.6) is 0 Å². The van der Waals surface area contributed by atoms with Gasteiger partial charge in [-0.15, -0.1) is 0 Å². The van der Waals surface area contributed by atoms with Crippen molar-refractivity contribution in [2.24, 2.45) is 0 Å². The third-order valence-electron chi connectivity index (χ3n) is 6.09. The van der Waals surface area contributed by atoms with Gasteiger partial charge in [0.05, 0.1) is 22.7 Å². The summed E-state index contributed by atoms with van der Waals surface area (Å²) in [7, 11) is 0. The van der Waals surface area contributed by atoms with Gasteiger partial charge in [0.15, 0.2) is 0 Å². The van der Waals surface area contributed by atoms with E-state index in [2.05, 4.69) is 87.3 Å². The summed E-state index contributed by atoms with van der Waals surface area (Å²) in [6.45, 7) is 0. The van der Waals surface area contributed by atoms with Crippen LogP contribution in [0.1, 0.15) is 5.56 Å². The van der Waals surface area contributed by atoms with Crippen LogP contribution in [0.4, 0.5) is 17.1 Å². The molecule has 0 aliphatic rings. The molecule has 0 N–H and O–H groups in total. The van der Waals surface area contributed by atoms with E-state index < -0.39 is 0 Å². The molecule has 6 rings (SSSR count). The lowest BCUT2D eigenvalue weighted by Gasteiger charge is -2.26. The summed E-state index contributed by atoms with van der Waals surface area (Å²) in [5, 5.41) is 11.6. The van der Waals surface area contributed by atoms with Crippen LogP contribution in [0, 0.1) is 11.3 Å². The number of para-hydroxylation sites is 2. The molecule has 0 atom stereocenters. The van der Waals surface area contributed by atoms with Gasteiger partial charge < -0.3 is 9.47 Å². The molecule has 0 aliphatic carbocycles. The molecule has 2 heterocycles. The molecule has 4 aromatic carbocycles. The van der Waals surface area contributed by atoms with Crippen LogP contribution in [0.2, 0.25) is 0 Å². The van der Waals surface area contributed by atoms with Crippen molar-refractivity contribution < 1.29 is 0 Å². The van der Waals surface area contributed by atoms with E-state index in [0.717, 1.165) is 39.2 Å². The quantitative estimate of drug-likeness (QED) is 0.287. The minimum atomic E-state index is 0.643. The molecule has 2 aromatic heterocycles. The molecule has 0 radical (unpaired) electrons. The third-order valence-corrected chi connectivity index (χ3v) is 6.09. The van der Waals surface area contributed by atoms with Crippen LogP contribution in [0.25, 0.3) is 27.5 Å². The van der Waals surface area contributed by atoms with Crippen molar-refractivity contribution in [1.82, 2.24) is 9.55 Å². The Kier molecular flexibility index (Phi) is 4.79. The number of benzene rings is 4. The van der Waals surface area contributed by atoms with Crippen molar-refractivity contribution in [3.05, 3.63) is 127 Å². The first-order valence-electron chi connectivity index (χ1n) is 11.1. The van der Waals surface area contributed by atoms with E-state index in [1.165, 1.54) is 5.39 Å². The van der Waals surface area contributed by atoms with Crippen molar-refractivity contribution in [1.29, 1.82) is 5.26 Å². The third kappa shape index (κ3) is 3.28. The molecule has 0 saturated carbocycles. The highest BCUT2D eigenvalue weighted by Gasteiger charge is 2.16. The molecular formula is C30H20N4. The van der Waals surface area contributed by atoms with Gasteiger partial charge in [-0.25, -0.2) is 0 Å². The Morgan fingerprint density at radius 2 is 1.35 bits per heavy atom. The Morgan fingerprint density at radius 1 is 0.647 bits per heavy atom. The number of pyridine rings is 1. The summed E-state index contributed by atoms with van der Waals surface area (Å²) >= 11 is 0. The molecule has 160 valence electrons. The summed E-state index contributed by atoms with van der Waals surface area (Å²) in [4.78, 5) is 6.57. The molecule has 34 heavy (non-hydrogen) atoms. The summed E-state index contributed by atoms with van der Waals surface area (Å²) in [6, 6.07) is 39.2.